The number of carbonyl (C=O) groups excluding carboxylic acids is 1. The second-order valence-corrected chi connectivity index (χ2v) is 6.11. The first-order valence-electron chi connectivity index (χ1n) is 6.69. The highest BCUT2D eigenvalue weighted by molar-refractivity contribution is 6.35. The van der Waals surface area contributed by atoms with Crippen molar-refractivity contribution in [3.63, 3.8) is 0 Å². The fraction of sp³-hybridized carbons (Fsp3) is 0.188. The number of carbonyl (C=O) groups is 1. The number of hydrogen-bond donors (Lipinski definition) is 2. The van der Waals surface area contributed by atoms with Crippen LogP contribution in [0.4, 0.5) is 5.69 Å². The maximum Gasteiger partial charge on any atom is 0.238 e. The van der Waals surface area contributed by atoms with Crippen LogP contribution >= 0.6 is 34.8 Å². The Morgan fingerprint density at radius 1 is 1.09 bits per heavy atom. The van der Waals surface area contributed by atoms with Crippen molar-refractivity contribution in [2.45, 2.75) is 13.0 Å². The lowest BCUT2D eigenvalue weighted by Gasteiger charge is -2.15. The summed E-state index contributed by atoms with van der Waals surface area (Å²) in [6.45, 7) is 2.11. The number of benzene rings is 2. The number of hydrogen-bond acceptors (Lipinski definition) is 2. The van der Waals surface area contributed by atoms with Gasteiger partial charge in [-0.2, -0.15) is 0 Å². The van der Waals surface area contributed by atoms with Crippen LogP contribution in [0.15, 0.2) is 42.5 Å². The molecule has 1 amide bonds. The van der Waals surface area contributed by atoms with Crippen LogP contribution < -0.4 is 10.6 Å². The summed E-state index contributed by atoms with van der Waals surface area (Å²) in [7, 11) is 0. The van der Waals surface area contributed by atoms with Gasteiger partial charge < -0.3 is 10.6 Å². The minimum atomic E-state index is -0.196. The van der Waals surface area contributed by atoms with E-state index >= 15 is 0 Å². The summed E-state index contributed by atoms with van der Waals surface area (Å²) < 4.78 is 0. The molecule has 116 valence electrons. The van der Waals surface area contributed by atoms with Gasteiger partial charge in [0.25, 0.3) is 0 Å². The highest BCUT2D eigenvalue weighted by atomic mass is 35.5. The Bertz CT molecular complexity index is 676. The first-order chi connectivity index (χ1) is 10.5. The van der Waals surface area contributed by atoms with Gasteiger partial charge in [0, 0.05) is 16.1 Å². The third-order valence-electron chi connectivity index (χ3n) is 3.12. The number of amides is 1. The summed E-state index contributed by atoms with van der Waals surface area (Å²) >= 11 is 17.8. The zero-order valence-electron chi connectivity index (χ0n) is 11.9. The summed E-state index contributed by atoms with van der Waals surface area (Å²) in [6, 6.07) is 12.4. The lowest BCUT2D eigenvalue weighted by atomic mass is 10.1. The smallest absolute Gasteiger partial charge is 0.238 e. The van der Waals surface area contributed by atoms with Gasteiger partial charge in [-0.25, -0.2) is 0 Å². The largest absolute Gasteiger partial charge is 0.324 e. The molecule has 6 heteroatoms. The molecule has 0 aliphatic rings. The molecule has 0 bridgehead atoms. The van der Waals surface area contributed by atoms with Crippen molar-refractivity contribution in [1.29, 1.82) is 0 Å². The van der Waals surface area contributed by atoms with E-state index in [4.69, 9.17) is 34.8 Å². The van der Waals surface area contributed by atoms with Gasteiger partial charge in [0.05, 0.1) is 17.3 Å². The van der Waals surface area contributed by atoms with Crippen LogP contribution in [0.5, 0.6) is 0 Å². The number of halogens is 3. The zero-order chi connectivity index (χ0) is 16.1. The molecule has 0 fully saturated rings. The van der Waals surface area contributed by atoms with E-state index in [1.807, 2.05) is 31.2 Å². The minimum Gasteiger partial charge on any atom is -0.324 e. The van der Waals surface area contributed by atoms with Gasteiger partial charge in [-0.3, -0.25) is 4.79 Å². The quantitative estimate of drug-likeness (QED) is 0.796. The van der Waals surface area contributed by atoms with E-state index in [9.17, 15) is 4.79 Å². The van der Waals surface area contributed by atoms with Crippen molar-refractivity contribution >= 4 is 46.4 Å². The molecule has 0 saturated heterocycles. The Kier molecular flexibility index (Phi) is 6.09. The van der Waals surface area contributed by atoms with E-state index in [-0.39, 0.29) is 18.5 Å². The van der Waals surface area contributed by atoms with Crippen LogP contribution in [-0.4, -0.2) is 12.5 Å². The molecule has 22 heavy (non-hydrogen) atoms. The third-order valence-corrected chi connectivity index (χ3v) is 3.92. The van der Waals surface area contributed by atoms with Crippen molar-refractivity contribution < 1.29 is 4.79 Å². The van der Waals surface area contributed by atoms with Gasteiger partial charge in [-0.05, 0) is 42.8 Å². The van der Waals surface area contributed by atoms with Crippen molar-refractivity contribution in [2.24, 2.45) is 0 Å². The van der Waals surface area contributed by atoms with Crippen LogP contribution in [0.1, 0.15) is 18.5 Å². The molecule has 0 heterocycles. The second-order valence-electron chi connectivity index (χ2n) is 4.83. The van der Waals surface area contributed by atoms with Gasteiger partial charge in [-0.1, -0.05) is 46.9 Å². The molecule has 0 spiro atoms. The van der Waals surface area contributed by atoms with E-state index in [1.54, 1.807) is 18.2 Å². The van der Waals surface area contributed by atoms with Crippen LogP contribution in [0.2, 0.25) is 15.1 Å². The molecule has 0 aliphatic carbocycles. The molecular formula is C16H15Cl3N2O. The Morgan fingerprint density at radius 2 is 1.82 bits per heavy atom. The molecule has 0 aliphatic heterocycles. The first-order valence-corrected chi connectivity index (χ1v) is 7.83. The van der Waals surface area contributed by atoms with E-state index in [0.29, 0.717) is 20.8 Å². The van der Waals surface area contributed by atoms with E-state index in [2.05, 4.69) is 10.6 Å². The summed E-state index contributed by atoms with van der Waals surface area (Å²) in [5.74, 6) is -0.196. The number of nitrogens with one attached hydrogen (secondary N) is 2. The van der Waals surface area contributed by atoms with Gasteiger partial charge in [0.1, 0.15) is 0 Å². The molecule has 0 unspecified atom stereocenters. The van der Waals surface area contributed by atoms with Gasteiger partial charge in [0.2, 0.25) is 5.91 Å². The Balaban J connectivity index is 1.91. The van der Waals surface area contributed by atoms with Crippen LogP contribution in [0, 0.1) is 0 Å². The van der Waals surface area contributed by atoms with Crippen molar-refractivity contribution in [1.82, 2.24) is 5.32 Å². The first kappa shape index (κ1) is 17.1. The molecule has 3 nitrogen and oxygen atoms in total. The predicted molar refractivity (Wildman–Crippen MR) is 93.0 cm³/mol. The highest BCUT2D eigenvalue weighted by Gasteiger charge is 2.10. The van der Waals surface area contributed by atoms with E-state index < -0.39 is 0 Å². The Labute approximate surface area is 144 Å². The molecule has 2 aromatic rings. The molecule has 2 rings (SSSR count). The summed E-state index contributed by atoms with van der Waals surface area (Å²) in [4.78, 5) is 12.0. The molecule has 2 aromatic carbocycles. The molecule has 0 radical (unpaired) electrons. The van der Waals surface area contributed by atoms with E-state index in [0.717, 1.165) is 5.56 Å². The fourth-order valence-electron chi connectivity index (χ4n) is 1.93. The summed E-state index contributed by atoms with van der Waals surface area (Å²) in [6.07, 6.45) is 0. The second kappa shape index (κ2) is 7.84. The average Bonchev–Trinajstić information content (AvgIpc) is 2.48. The molecular weight excluding hydrogens is 343 g/mol. The highest BCUT2D eigenvalue weighted by Crippen LogP contribution is 2.25. The lowest BCUT2D eigenvalue weighted by Crippen LogP contribution is -2.30. The van der Waals surface area contributed by atoms with Gasteiger partial charge >= 0.3 is 0 Å². The van der Waals surface area contributed by atoms with Crippen LogP contribution in [0.3, 0.4) is 0 Å². The van der Waals surface area contributed by atoms with Crippen LogP contribution in [-0.2, 0) is 4.79 Å². The van der Waals surface area contributed by atoms with Gasteiger partial charge in [0.15, 0.2) is 0 Å². The minimum absolute atomic E-state index is 0.000664. The topological polar surface area (TPSA) is 41.1 Å². The maximum atomic E-state index is 12.0. The third kappa shape index (κ3) is 4.89. The number of anilines is 1. The SMILES string of the molecule is C[C@@H](NCC(=O)Nc1cc(Cl)ccc1Cl)c1cccc(Cl)c1. The van der Waals surface area contributed by atoms with Crippen molar-refractivity contribution in [3.8, 4) is 0 Å². The normalized spacial score (nSPS) is 12.0. The Hall–Kier alpha value is -1.26. The van der Waals surface area contributed by atoms with Crippen LogP contribution in [0.25, 0.3) is 0 Å². The average molecular weight is 358 g/mol. The molecule has 0 saturated carbocycles. The molecule has 0 aromatic heterocycles. The van der Waals surface area contributed by atoms with Crippen molar-refractivity contribution in [2.75, 3.05) is 11.9 Å². The monoisotopic (exact) mass is 356 g/mol. The summed E-state index contributed by atoms with van der Waals surface area (Å²) in [5.41, 5.74) is 1.51. The fourth-order valence-corrected chi connectivity index (χ4v) is 2.46. The molecule has 2 N–H and O–H groups in total. The standard InChI is InChI=1S/C16H15Cl3N2O/c1-10(11-3-2-4-12(17)7-11)20-9-16(22)21-15-8-13(18)5-6-14(15)19/h2-8,10,20H,9H2,1H3,(H,21,22)/t10-/m1/s1. The molecule has 1 atom stereocenters. The Morgan fingerprint density at radius 3 is 2.55 bits per heavy atom. The van der Waals surface area contributed by atoms with E-state index in [1.165, 1.54) is 0 Å². The predicted octanol–water partition coefficient (Wildman–Crippen LogP) is 4.94. The zero-order valence-corrected chi connectivity index (χ0v) is 14.1. The van der Waals surface area contributed by atoms with Gasteiger partial charge in [-0.15, -0.1) is 0 Å². The maximum absolute atomic E-state index is 12.0. The summed E-state index contributed by atoms with van der Waals surface area (Å²) in [5, 5.41) is 7.49. The lowest BCUT2D eigenvalue weighted by molar-refractivity contribution is -0.115. The van der Waals surface area contributed by atoms with Crippen molar-refractivity contribution in [3.05, 3.63) is 63.1 Å². The number of rotatable bonds is 5.